The maximum Gasteiger partial charge on any atom is 0.237 e. The van der Waals surface area contributed by atoms with Crippen LogP contribution in [0, 0.1) is 0 Å². The lowest BCUT2D eigenvalue weighted by Crippen LogP contribution is -2.52. The van der Waals surface area contributed by atoms with E-state index in [4.69, 9.17) is 10.5 Å². The van der Waals surface area contributed by atoms with Crippen LogP contribution in [0.2, 0.25) is 0 Å². The quantitative estimate of drug-likeness (QED) is 0.622. The second kappa shape index (κ2) is 9.28. The van der Waals surface area contributed by atoms with Crippen molar-refractivity contribution in [2.75, 3.05) is 33.4 Å². The molecule has 0 aromatic rings. The minimum Gasteiger partial charge on any atom is -0.383 e. The van der Waals surface area contributed by atoms with E-state index in [0.717, 1.165) is 25.9 Å². The molecule has 0 aliphatic rings. The first-order chi connectivity index (χ1) is 8.87. The lowest BCUT2D eigenvalue weighted by atomic mass is 10.0. The van der Waals surface area contributed by atoms with E-state index in [1.807, 2.05) is 20.8 Å². The normalized spacial score (nSPS) is 13.6. The molecular formula is C14H31N3O2. The largest absolute Gasteiger partial charge is 0.383 e. The number of hydrogen-bond acceptors (Lipinski definition) is 4. The van der Waals surface area contributed by atoms with E-state index < -0.39 is 0 Å². The van der Waals surface area contributed by atoms with Gasteiger partial charge in [0.25, 0.3) is 0 Å². The van der Waals surface area contributed by atoms with Gasteiger partial charge in [-0.1, -0.05) is 6.92 Å². The van der Waals surface area contributed by atoms with E-state index in [0.29, 0.717) is 13.2 Å². The number of carbonyl (C=O) groups is 1. The number of carbonyl (C=O) groups excluding carboxylic acids is 1. The van der Waals surface area contributed by atoms with Crippen molar-refractivity contribution in [1.82, 2.24) is 10.2 Å². The molecule has 19 heavy (non-hydrogen) atoms. The molecule has 0 spiro atoms. The summed E-state index contributed by atoms with van der Waals surface area (Å²) in [7, 11) is 1.67. The Kier molecular flexibility index (Phi) is 8.97. The number of nitrogens with zero attached hydrogens (tertiary/aromatic N) is 1. The van der Waals surface area contributed by atoms with E-state index in [-0.39, 0.29) is 17.5 Å². The van der Waals surface area contributed by atoms with Gasteiger partial charge in [-0.15, -0.1) is 0 Å². The number of rotatable bonds is 10. The van der Waals surface area contributed by atoms with Crippen molar-refractivity contribution < 1.29 is 9.53 Å². The molecular weight excluding hydrogens is 242 g/mol. The maximum absolute atomic E-state index is 12.3. The zero-order chi connectivity index (χ0) is 14.9. The Morgan fingerprint density at radius 3 is 2.53 bits per heavy atom. The molecule has 0 aromatic carbocycles. The van der Waals surface area contributed by atoms with Crippen molar-refractivity contribution in [3.8, 4) is 0 Å². The first-order valence-corrected chi connectivity index (χ1v) is 7.13. The van der Waals surface area contributed by atoms with Gasteiger partial charge in [0.2, 0.25) is 5.91 Å². The molecule has 114 valence electrons. The van der Waals surface area contributed by atoms with Gasteiger partial charge in [-0.2, -0.15) is 0 Å². The number of ether oxygens (including phenoxy) is 1. The summed E-state index contributed by atoms with van der Waals surface area (Å²) in [5, 5.41) is 3.09. The molecule has 0 radical (unpaired) electrons. The number of methoxy groups -OCH3 is 1. The Morgan fingerprint density at radius 2 is 2.05 bits per heavy atom. The Labute approximate surface area is 117 Å². The molecule has 0 fully saturated rings. The highest BCUT2D eigenvalue weighted by Crippen LogP contribution is 2.09. The molecule has 0 bridgehead atoms. The van der Waals surface area contributed by atoms with Crippen molar-refractivity contribution in [1.29, 1.82) is 0 Å². The van der Waals surface area contributed by atoms with Gasteiger partial charge < -0.3 is 15.8 Å². The molecule has 5 nitrogen and oxygen atoms in total. The number of hydrogen-bond donors (Lipinski definition) is 2. The molecule has 3 N–H and O–H groups in total. The van der Waals surface area contributed by atoms with Crippen LogP contribution in [-0.4, -0.2) is 55.7 Å². The van der Waals surface area contributed by atoms with E-state index >= 15 is 0 Å². The van der Waals surface area contributed by atoms with Crippen molar-refractivity contribution in [2.45, 2.75) is 52.1 Å². The Balaban J connectivity index is 4.49. The minimum atomic E-state index is -0.161. The van der Waals surface area contributed by atoms with E-state index in [9.17, 15) is 4.79 Å². The average Bonchev–Trinajstić information content (AvgIpc) is 2.37. The zero-order valence-electron chi connectivity index (χ0n) is 13.2. The van der Waals surface area contributed by atoms with Crippen LogP contribution in [0.4, 0.5) is 0 Å². The standard InChI is InChI=1S/C14H31N3O2/c1-6-14(3,4)16-13(18)12(2)17(9-7-8-15)10-11-19-5/h12H,6-11,15H2,1-5H3,(H,16,18). The minimum absolute atomic E-state index is 0.0694. The van der Waals surface area contributed by atoms with Gasteiger partial charge in [0.15, 0.2) is 0 Å². The summed E-state index contributed by atoms with van der Waals surface area (Å²) in [4.78, 5) is 14.4. The van der Waals surface area contributed by atoms with Crippen LogP contribution in [0.15, 0.2) is 0 Å². The van der Waals surface area contributed by atoms with Gasteiger partial charge in [0.05, 0.1) is 12.6 Å². The number of amides is 1. The summed E-state index contributed by atoms with van der Waals surface area (Å²) in [5.74, 6) is 0.0694. The summed E-state index contributed by atoms with van der Waals surface area (Å²) in [6.07, 6.45) is 1.80. The van der Waals surface area contributed by atoms with E-state index in [2.05, 4.69) is 17.1 Å². The van der Waals surface area contributed by atoms with Gasteiger partial charge in [-0.05, 0) is 40.2 Å². The summed E-state index contributed by atoms with van der Waals surface area (Å²) in [6.45, 7) is 10.9. The molecule has 1 amide bonds. The van der Waals surface area contributed by atoms with Crippen LogP contribution in [0.5, 0.6) is 0 Å². The van der Waals surface area contributed by atoms with Crippen molar-refractivity contribution >= 4 is 5.91 Å². The number of nitrogens with one attached hydrogen (secondary N) is 1. The SMILES string of the molecule is CCC(C)(C)NC(=O)C(C)N(CCCN)CCOC. The maximum atomic E-state index is 12.3. The topological polar surface area (TPSA) is 67.6 Å². The predicted octanol–water partition coefficient (Wildman–Crippen LogP) is 0.977. The molecule has 0 aromatic heterocycles. The fourth-order valence-electron chi connectivity index (χ4n) is 1.69. The molecule has 5 heteroatoms. The van der Waals surface area contributed by atoms with Gasteiger partial charge in [0, 0.05) is 25.7 Å². The Morgan fingerprint density at radius 1 is 1.42 bits per heavy atom. The molecule has 0 saturated heterocycles. The van der Waals surface area contributed by atoms with Gasteiger partial charge >= 0.3 is 0 Å². The van der Waals surface area contributed by atoms with Crippen molar-refractivity contribution in [3.63, 3.8) is 0 Å². The Bertz CT molecular complexity index is 249. The molecule has 0 heterocycles. The van der Waals surface area contributed by atoms with Crippen LogP contribution in [0.3, 0.4) is 0 Å². The molecule has 1 unspecified atom stereocenters. The van der Waals surface area contributed by atoms with Gasteiger partial charge in [0.1, 0.15) is 0 Å². The summed E-state index contributed by atoms with van der Waals surface area (Å²) in [5.41, 5.74) is 5.39. The van der Waals surface area contributed by atoms with Crippen molar-refractivity contribution in [2.24, 2.45) is 5.73 Å². The highest BCUT2D eigenvalue weighted by molar-refractivity contribution is 5.82. The zero-order valence-corrected chi connectivity index (χ0v) is 13.2. The third-order valence-electron chi connectivity index (χ3n) is 3.50. The first-order valence-electron chi connectivity index (χ1n) is 7.13. The first kappa shape index (κ1) is 18.4. The smallest absolute Gasteiger partial charge is 0.237 e. The molecule has 1 atom stereocenters. The van der Waals surface area contributed by atoms with E-state index in [1.165, 1.54) is 0 Å². The van der Waals surface area contributed by atoms with Crippen LogP contribution < -0.4 is 11.1 Å². The monoisotopic (exact) mass is 273 g/mol. The lowest BCUT2D eigenvalue weighted by Gasteiger charge is -2.32. The molecule has 0 aliphatic carbocycles. The Hall–Kier alpha value is -0.650. The fourth-order valence-corrected chi connectivity index (χ4v) is 1.69. The van der Waals surface area contributed by atoms with Crippen LogP contribution >= 0.6 is 0 Å². The highest BCUT2D eigenvalue weighted by atomic mass is 16.5. The third-order valence-corrected chi connectivity index (χ3v) is 3.50. The summed E-state index contributed by atoms with van der Waals surface area (Å²) < 4.78 is 5.10. The summed E-state index contributed by atoms with van der Waals surface area (Å²) in [6, 6.07) is -0.160. The molecule has 0 rings (SSSR count). The molecule has 0 saturated carbocycles. The number of nitrogens with two attached hydrogens (primary N) is 1. The molecule has 0 aliphatic heterocycles. The highest BCUT2D eigenvalue weighted by Gasteiger charge is 2.25. The second-order valence-corrected chi connectivity index (χ2v) is 5.57. The van der Waals surface area contributed by atoms with E-state index in [1.54, 1.807) is 7.11 Å². The van der Waals surface area contributed by atoms with Gasteiger partial charge in [-0.3, -0.25) is 9.69 Å². The van der Waals surface area contributed by atoms with Crippen molar-refractivity contribution in [3.05, 3.63) is 0 Å². The average molecular weight is 273 g/mol. The third kappa shape index (κ3) is 7.50. The second-order valence-electron chi connectivity index (χ2n) is 5.57. The predicted molar refractivity (Wildman–Crippen MR) is 79.1 cm³/mol. The van der Waals surface area contributed by atoms with Crippen LogP contribution in [-0.2, 0) is 9.53 Å². The fraction of sp³-hybridized carbons (Fsp3) is 0.929. The van der Waals surface area contributed by atoms with Crippen LogP contribution in [0.25, 0.3) is 0 Å². The van der Waals surface area contributed by atoms with Gasteiger partial charge in [-0.25, -0.2) is 0 Å². The van der Waals surface area contributed by atoms with Crippen LogP contribution in [0.1, 0.15) is 40.5 Å². The summed E-state index contributed by atoms with van der Waals surface area (Å²) >= 11 is 0. The lowest BCUT2D eigenvalue weighted by molar-refractivity contribution is -0.127.